The van der Waals surface area contributed by atoms with Crippen molar-refractivity contribution in [2.45, 2.75) is 25.7 Å². The average Bonchev–Trinajstić information content (AvgIpc) is 2.83. The molecule has 5 heteroatoms. The van der Waals surface area contributed by atoms with Crippen molar-refractivity contribution in [1.29, 1.82) is 0 Å². The molecule has 4 aromatic carbocycles. The topological polar surface area (TPSA) is 79.2 Å². The Morgan fingerprint density at radius 3 is 2.03 bits per heavy atom. The van der Waals surface area contributed by atoms with Gasteiger partial charge in [-0.15, -0.1) is 0 Å². The van der Waals surface area contributed by atoms with Crippen LogP contribution in [0.25, 0.3) is 0 Å². The second-order valence-corrected chi connectivity index (χ2v) is 8.22. The van der Waals surface area contributed by atoms with Crippen molar-refractivity contribution < 1.29 is 24.8 Å². The second kappa shape index (κ2) is 8.79. The third kappa shape index (κ3) is 4.58. The highest BCUT2D eigenvalue weighted by Gasteiger charge is 2.14. The molecule has 3 heterocycles. The van der Waals surface area contributed by atoms with Crippen molar-refractivity contribution in [3.8, 4) is 40.2 Å². The van der Waals surface area contributed by atoms with Gasteiger partial charge < -0.3 is 24.8 Å². The molecule has 4 aromatic rings. The number of fused-ring (bicyclic) bond motifs is 2. The van der Waals surface area contributed by atoms with Crippen molar-refractivity contribution in [3.05, 3.63) is 101 Å². The molecule has 3 aliphatic heterocycles. The maximum atomic E-state index is 10.5. The number of hydrogen-bond donors (Lipinski definition) is 3. The van der Waals surface area contributed by atoms with E-state index in [4.69, 9.17) is 9.47 Å². The van der Waals surface area contributed by atoms with Gasteiger partial charge in [-0.25, -0.2) is 0 Å². The van der Waals surface area contributed by atoms with E-state index in [-0.39, 0.29) is 23.0 Å². The molecule has 3 aliphatic rings. The molecule has 0 saturated carbocycles. The molecule has 0 spiro atoms. The van der Waals surface area contributed by atoms with Crippen molar-refractivity contribution in [1.82, 2.24) is 0 Å². The maximum Gasteiger partial charge on any atom is 0.201 e. The molecule has 3 N–H and O–H groups in total. The average molecular weight is 440 g/mol. The first-order chi connectivity index (χ1) is 16.0. The number of phenols is 3. The molecule has 5 nitrogen and oxygen atoms in total. The van der Waals surface area contributed by atoms with Crippen LogP contribution in [0.4, 0.5) is 0 Å². The van der Waals surface area contributed by atoms with E-state index in [0.717, 1.165) is 29.5 Å². The predicted molar refractivity (Wildman–Crippen MR) is 126 cm³/mol. The zero-order chi connectivity index (χ0) is 22.8. The van der Waals surface area contributed by atoms with Crippen molar-refractivity contribution in [3.63, 3.8) is 0 Å². The van der Waals surface area contributed by atoms with Gasteiger partial charge in [-0.1, -0.05) is 36.4 Å². The lowest BCUT2D eigenvalue weighted by atomic mass is 10.0. The Hall–Kier alpha value is -4.12. The molecule has 0 radical (unpaired) electrons. The molecule has 0 unspecified atom stereocenters. The van der Waals surface area contributed by atoms with Crippen LogP contribution < -0.4 is 9.47 Å². The highest BCUT2D eigenvalue weighted by atomic mass is 16.5. The number of rotatable bonds is 0. The Labute approximate surface area is 192 Å². The lowest BCUT2D eigenvalue weighted by Crippen LogP contribution is -1.96. The minimum Gasteiger partial charge on any atom is -0.504 e. The molecular weight excluding hydrogens is 416 g/mol. The van der Waals surface area contributed by atoms with Gasteiger partial charge in [-0.3, -0.25) is 0 Å². The Kier molecular flexibility index (Phi) is 5.53. The van der Waals surface area contributed by atoms with Crippen LogP contribution in [0.3, 0.4) is 0 Å². The van der Waals surface area contributed by atoms with Gasteiger partial charge in [0.05, 0.1) is 0 Å². The summed E-state index contributed by atoms with van der Waals surface area (Å²) in [5.41, 5.74) is 3.81. The molecule has 0 aliphatic carbocycles. The van der Waals surface area contributed by atoms with Gasteiger partial charge in [-0.2, -0.15) is 0 Å². The fourth-order valence-electron chi connectivity index (χ4n) is 3.99. The van der Waals surface area contributed by atoms with Crippen molar-refractivity contribution in [2.75, 3.05) is 0 Å². The number of aromatic hydroxyl groups is 3. The van der Waals surface area contributed by atoms with Crippen LogP contribution >= 0.6 is 0 Å². The van der Waals surface area contributed by atoms with Gasteiger partial charge in [0, 0.05) is 0 Å². The zero-order valence-corrected chi connectivity index (χ0v) is 18.0. The van der Waals surface area contributed by atoms with Crippen molar-refractivity contribution >= 4 is 0 Å². The first-order valence-corrected chi connectivity index (χ1v) is 10.9. The maximum absolute atomic E-state index is 10.5. The van der Waals surface area contributed by atoms with Crippen LogP contribution in [0.5, 0.6) is 40.2 Å². The lowest BCUT2D eigenvalue weighted by Gasteiger charge is -2.14. The molecule has 33 heavy (non-hydrogen) atoms. The second-order valence-electron chi connectivity index (χ2n) is 8.22. The van der Waals surface area contributed by atoms with Gasteiger partial charge in [0.25, 0.3) is 0 Å². The standard InChI is InChI=1S/C28H24O5/c29-24-14-9-20-5-4-19-2-1-3-23(16-19)33-25-15-11-21(27(30)28(25)31)10-6-18-7-12-22(13-8-18)32-26(24)17-20/h1-3,7-9,11-17,29-31H,4-6,10H2. The van der Waals surface area contributed by atoms with E-state index >= 15 is 0 Å². The van der Waals surface area contributed by atoms with Crippen LogP contribution in [-0.4, -0.2) is 15.3 Å². The van der Waals surface area contributed by atoms with E-state index < -0.39 is 0 Å². The van der Waals surface area contributed by atoms with Gasteiger partial charge in [0.2, 0.25) is 5.75 Å². The number of hydrogen-bond acceptors (Lipinski definition) is 5. The molecule has 0 fully saturated rings. The largest absolute Gasteiger partial charge is 0.504 e. The molecule has 7 rings (SSSR count). The summed E-state index contributed by atoms with van der Waals surface area (Å²) in [4.78, 5) is 0. The Morgan fingerprint density at radius 2 is 1.21 bits per heavy atom. The minimum atomic E-state index is -0.257. The summed E-state index contributed by atoms with van der Waals surface area (Å²) in [6.07, 6.45) is 2.74. The first-order valence-electron chi connectivity index (χ1n) is 10.9. The molecule has 0 aromatic heterocycles. The monoisotopic (exact) mass is 440 g/mol. The highest BCUT2D eigenvalue weighted by Crippen LogP contribution is 2.41. The Bertz CT molecular complexity index is 1290. The van der Waals surface area contributed by atoms with E-state index in [2.05, 4.69) is 0 Å². The van der Waals surface area contributed by atoms with Crippen LogP contribution in [0.15, 0.2) is 78.9 Å². The summed E-state index contributed by atoms with van der Waals surface area (Å²) < 4.78 is 11.8. The quantitative estimate of drug-likeness (QED) is 0.281. The van der Waals surface area contributed by atoms with Crippen molar-refractivity contribution in [2.24, 2.45) is 0 Å². The molecule has 0 atom stereocenters. The van der Waals surface area contributed by atoms with Gasteiger partial charge >= 0.3 is 0 Å². The van der Waals surface area contributed by atoms with E-state index in [1.54, 1.807) is 18.2 Å². The first kappa shape index (κ1) is 20.8. The van der Waals surface area contributed by atoms with E-state index in [9.17, 15) is 15.3 Å². The number of benzene rings is 4. The summed E-state index contributed by atoms with van der Waals surface area (Å²) in [6, 6.07) is 24.1. The third-order valence-electron chi connectivity index (χ3n) is 5.88. The van der Waals surface area contributed by atoms with Gasteiger partial charge in [0.1, 0.15) is 11.5 Å². The highest BCUT2D eigenvalue weighted by molar-refractivity contribution is 5.55. The summed E-state index contributed by atoms with van der Waals surface area (Å²) in [6.45, 7) is 0. The third-order valence-corrected chi connectivity index (χ3v) is 5.88. The molecular formula is C28H24O5. The summed E-state index contributed by atoms with van der Waals surface area (Å²) >= 11 is 0. The molecule has 0 amide bonds. The molecule has 166 valence electrons. The summed E-state index contributed by atoms with van der Waals surface area (Å²) in [5, 5.41) is 31.3. The lowest BCUT2D eigenvalue weighted by molar-refractivity contribution is 0.369. The van der Waals surface area contributed by atoms with Gasteiger partial charge in [-0.05, 0) is 90.4 Å². The molecule has 0 saturated heterocycles. The normalized spacial score (nSPS) is 13.2. The van der Waals surface area contributed by atoms with Crippen LogP contribution in [0.2, 0.25) is 0 Å². The van der Waals surface area contributed by atoms with Crippen LogP contribution in [0.1, 0.15) is 22.3 Å². The predicted octanol–water partition coefficient (Wildman–Crippen LogP) is 6.27. The fourth-order valence-corrected chi connectivity index (χ4v) is 3.99. The van der Waals surface area contributed by atoms with Gasteiger partial charge in [0.15, 0.2) is 23.0 Å². The molecule has 8 bridgehead atoms. The summed E-state index contributed by atoms with van der Waals surface area (Å²) in [5.74, 6) is 1.53. The number of ether oxygens (including phenoxy) is 2. The Balaban J connectivity index is 1.52. The van der Waals surface area contributed by atoms with E-state index in [1.165, 1.54) is 0 Å². The minimum absolute atomic E-state index is 0.0960. The number of phenolic OH excluding ortho intramolecular Hbond substituents is 3. The number of aryl methyl sites for hydroxylation is 4. The Morgan fingerprint density at radius 1 is 0.515 bits per heavy atom. The van der Waals surface area contributed by atoms with Crippen LogP contribution in [-0.2, 0) is 25.7 Å². The van der Waals surface area contributed by atoms with Crippen LogP contribution in [0, 0.1) is 0 Å². The SMILES string of the molecule is Oc1ccc2cc1Oc1ccc(cc1)CCc1ccc(c(O)c1O)Oc1cccc(c1)CC2. The fraction of sp³-hybridized carbons (Fsp3) is 0.143. The smallest absolute Gasteiger partial charge is 0.201 e. The zero-order valence-electron chi connectivity index (χ0n) is 18.0. The van der Waals surface area contributed by atoms with E-state index in [0.29, 0.717) is 35.7 Å². The summed E-state index contributed by atoms with van der Waals surface area (Å²) in [7, 11) is 0. The van der Waals surface area contributed by atoms with E-state index in [1.807, 2.05) is 60.7 Å².